The molecule has 0 aliphatic heterocycles. The van der Waals surface area contributed by atoms with E-state index < -0.39 is 0 Å². The van der Waals surface area contributed by atoms with Gasteiger partial charge in [-0.25, -0.2) is 9.37 Å². The molecule has 0 bridgehead atoms. The van der Waals surface area contributed by atoms with Crippen molar-refractivity contribution in [2.45, 2.75) is 26.3 Å². The maximum Gasteiger partial charge on any atom is 0.137 e. The van der Waals surface area contributed by atoms with Crippen molar-refractivity contribution in [1.29, 1.82) is 0 Å². The Morgan fingerprint density at radius 3 is 2.84 bits per heavy atom. The lowest BCUT2D eigenvalue weighted by molar-refractivity contribution is 0.588. The molecule has 1 N–H and O–H groups in total. The SMILES string of the molecule is CCCNC(c1ccc(F)c(Br)c1)c1nc(C)cs1. The predicted octanol–water partition coefficient (Wildman–Crippen LogP) is 4.44. The number of hydrogen-bond donors (Lipinski definition) is 1. The molecular weight excluding hydrogens is 327 g/mol. The van der Waals surface area contributed by atoms with Crippen molar-refractivity contribution < 1.29 is 4.39 Å². The van der Waals surface area contributed by atoms with Crippen LogP contribution in [0.15, 0.2) is 28.1 Å². The van der Waals surface area contributed by atoms with Gasteiger partial charge in [0.25, 0.3) is 0 Å². The van der Waals surface area contributed by atoms with Crippen molar-refractivity contribution in [3.05, 3.63) is 50.1 Å². The fraction of sp³-hybridized carbons (Fsp3) is 0.357. The van der Waals surface area contributed by atoms with Gasteiger partial charge in [-0.15, -0.1) is 11.3 Å². The lowest BCUT2D eigenvalue weighted by atomic mass is 10.1. The average Bonchev–Trinajstić information content (AvgIpc) is 2.80. The second-order valence-corrected chi connectivity index (χ2v) is 6.13. The number of rotatable bonds is 5. The van der Waals surface area contributed by atoms with Gasteiger partial charge in [-0.3, -0.25) is 0 Å². The molecule has 1 heterocycles. The van der Waals surface area contributed by atoms with Gasteiger partial charge in [0.2, 0.25) is 0 Å². The first-order valence-corrected chi connectivity index (χ1v) is 7.89. The van der Waals surface area contributed by atoms with Gasteiger partial charge >= 0.3 is 0 Å². The summed E-state index contributed by atoms with van der Waals surface area (Å²) in [5, 5.41) is 6.52. The molecule has 0 aliphatic carbocycles. The van der Waals surface area contributed by atoms with E-state index in [0.29, 0.717) is 4.47 Å². The lowest BCUT2D eigenvalue weighted by Crippen LogP contribution is -2.23. The molecule has 2 aromatic rings. The third kappa shape index (κ3) is 3.61. The molecule has 2 nitrogen and oxygen atoms in total. The summed E-state index contributed by atoms with van der Waals surface area (Å²) in [4.78, 5) is 4.54. The second-order valence-electron chi connectivity index (χ2n) is 4.39. The molecule has 0 spiro atoms. The molecule has 0 saturated carbocycles. The molecule has 0 amide bonds. The average molecular weight is 343 g/mol. The molecule has 1 atom stereocenters. The van der Waals surface area contributed by atoms with Crippen LogP contribution in [0.5, 0.6) is 0 Å². The first-order chi connectivity index (χ1) is 9.11. The van der Waals surface area contributed by atoms with Gasteiger partial charge < -0.3 is 5.32 Å². The summed E-state index contributed by atoms with van der Waals surface area (Å²) >= 11 is 4.87. The summed E-state index contributed by atoms with van der Waals surface area (Å²) in [6.07, 6.45) is 1.04. The maximum atomic E-state index is 13.3. The van der Waals surface area contributed by atoms with E-state index in [4.69, 9.17) is 0 Å². The minimum absolute atomic E-state index is 0.0237. The first kappa shape index (κ1) is 14.6. The largest absolute Gasteiger partial charge is 0.304 e. The molecule has 0 fully saturated rings. The topological polar surface area (TPSA) is 24.9 Å². The van der Waals surface area contributed by atoms with Crippen molar-refractivity contribution in [3.8, 4) is 0 Å². The fourth-order valence-electron chi connectivity index (χ4n) is 1.83. The van der Waals surface area contributed by atoms with E-state index in [0.717, 1.165) is 29.2 Å². The Kier molecular flexibility index (Phi) is 5.07. The van der Waals surface area contributed by atoms with Crippen LogP contribution in [0.4, 0.5) is 4.39 Å². The monoisotopic (exact) mass is 342 g/mol. The zero-order chi connectivity index (χ0) is 13.8. The molecule has 0 saturated heterocycles. The Labute approximate surface area is 125 Å². The predicted molar refractivity (Wildman–Crippen MR) is 81.1 cm³/mol. The van der Waals surface area contributed by atoms with Crippen molar-refractivity contribution in [3.63, 3.8) is 0 Å². The third-order valence-electron chi connectivity index (χ3n) is 2.76. The molecule has 0 aliphatic rings. The zero-order valence-corrected chi connectivity index (χ0v) is 13.3. The summed E-state index contributed by atoms with van der Waals surface area (Å²) in [5.74, 6) is -0.242. The highest BCUT2D eigenvalue weighted by Gasteiger charge is 2.17. The standard InChI is InChI=1S/C14H16BrFN2S/c1-3-6-17-13(14-18-9(2)8-19-14)10-4-5-12(16)11(15)7-10/h4-5,7-8,13,17H,3,6H2,1-2H3. The fourth-order valence-corrected chi connectivity index (χ4v) is 3.13. The highest BCUT2D eigenvalue weighted by atomic mass is 79.9. The van der Waals surface area contributed by atoms with E-state index >= 15 is 0 Å². The Morgan fingerprint density at radius 2 is 2.26 bits per heavy atom. The number of halogens is 2. The molecule has 1 unspecified atom stereocenters. The van der Waals surface area contributed by atoms with Crippen LogP contribution in [0.25, 0.3) is 0 Å². The quantitative estimate of drug-likeness (QED) is 0.868. The highest BCUT2D eigenvalue weighted by molar-refractivity contribution is 9.10. The molecule has 0 radical (unpaired) electrons. The number of thiazole rings is 1. The van der Waals surface area contributed by atoms with Crippen LogP contribution in [-0.4, -0.2) is 11.5 Å². The maximum absolute atomic E-state index is 13.3. The summed E-state index contributed by atoms with van der Waals surface area (Å²) in [6.45, 7) is 5.01. The third-order valence-corrected chi connectivity index (χ3v) is 4.39. The Bertz CT molecular complexity index is 556. The minimum Gasteiger partial charge on any atom is -0.304 e. The van der Waals surface area contributed by atoms with E-state index in [-0.39, 0.29) is 11.9 Å². The van der Waals surface area contributed by atoms with Gasteiger partial charge in [-0.05, 0) is 53.5 Å². The van der Waals surface area contributed by atoms with Gasteiger partial charge in [-0.2, -0.15) is 0 Å². The molecular formula is C14H16BrFN2S. The number of nitrogens with zero attached hydrogens (tertiary/aromatic N) is 1. The molecule has 1 aromatic carbocycles. The minimum atomic E-state index is -0.242. The van der Waals surface area contributed by atoms with Crippen LogP contribution < -0.4 is 5.32 Å². The molecule has 5 heteroatoms. The second kappa shape index (κ2) is 6.59. The Morgan fingerprint density at radius 1 is 1.47 bits per heavy atom. The number of benzene rings is 1. The molecule has 1 aromatic heterocycles. The van der Waals surface area contributed by atoms with E-state index in [2.05, 4.69) is 33.2 Å². The van der Waals surface area contributed by atoms with Crippen LogP contribution in [0.2, 0.25) is 0 Å². The molecule has 2 rings (SSSR count). The highest BCUT2D eigenvalue weighted by Crippen LogP contribution is 2.28. The summed E-state index contributed by atoms with van der Waals surface area (Å²) in [5.41, 5.74) is 2.04. The Hall–Kier alpha value is -0.780. The van der Waals surface area contributed by atoms with E-state index in [9.17, 15) is 4.39 Å². The van der Waals surface area contributed by atoms with Crippen molar-refractivity contribution in [2.24, 2.45) is 0 Å². The number of aryl methyl sites for hydroxylation is 1. The van der Waals surface area contributed by atoms with Crippen molar-refractivity contribution >= 4 is 27.3 Å². The zero-order valence-electron chi connectivity index (χ0n) is 10.9. The van der Waals surface area contributed by atoms with Gasteiger partial charge in [-0.1, -0.05) is 13.0 Å². The summed E-state index contributed by atoms with van der Waals surface area (Å²) < 4.78 is 13.8. The van der Waals surface area contributed by atoms with Crippen molar-refractivity contribution in [2.75, 3.05) is 6.54 Å². The smallest absolute Gasteiger partial charge is 0.137 e. The number of aromatic nitrogens is 1. The number of nitrogens with one attached hydrogen (secondary N) is 1. The lowest BCUT2D eigenvalue weighted by Gasteiger charge is -2.17. The van der Waals surface area contributed by atoms with Gasteiger partial charge in [0.1, 0.15) is 10.8 Å². The van der Waals surface area contributed by atoms with Gasteiger partial charge in [0.15, 0.2) is 0 Å². The van der Waals surface area contributed by atoms with Crippen LogP contribution >= 0.6 is 27.3 Å². The first-order valence-electron chi connectivity index (χ1n) is 6.22. The molecule has 19 heavy (non-hydrogen) atoms. The van der Waals surface area contributed by atoms with Gasteiger partial charge in [0.05, 0.1) is 10.5 Å². The van der Waals surface area contributed by atoms with Crippen LogP contribution in [-0.2, 0) is 0 Å². The van der Waals surface area contributed by atoms with Gasteiger partial charge in [0, 0.05) is 11.1 Å². The van der Waals surface area contributed by atoms with Crippen LogP contribution in [0.3, 0.4) is 0 Å². The Balaban J connectivity index is 2.33. The summed E-state index contributed by atoms with van der Waals surface area (Å²) in [7, 11) is 0. The van der Waals surface area contributed by atoms with Crippen LogP contribution in [0.1, 0.15) is 35.7 Å². The summed E-state index contributed by atoms with van der Waals surface area (Å²) in [6, 6.07) is 5.14. The van der Waals surface area contributed by atoms with E-state index in [1.165, 1.54) is 6.07 Å². The molecule has 102 valence electrons. The van der Waals surface area contributed by atoms with E-state index in [1.807, 2.05) is 24.4 Å². The van der Waals surface area contributed by atoms with Crippen LogP contribution in [0, 0.1) is 12.7 Å². The van der Waals surface area contributed by atoms with Crippen molar-refractivity contribution in [1.82, 2.24) is 10.3 Å². The normalized spacial score (nSPS) is 12.6. The number of hydrogen-bond acceptors (Lipinski definition) is 3. The van der Waals surface area contributed by atoms with E-state index in [1.54, 1.807) is 11.3 Å².